The van der Waals surface area contributed by atoms with Gasteiger partial charge in [0.05, 0.1) is 25.4 Å². The van der Waals surface area contributed by atoms with Crippen LogP contribution in [-0.4, -0.2) is 92.8 Å². The summed E-state index contributed by atoms with van der Waals surface area (Å²) in [5.74, 6) is -4.51. The van der Waals surface area contributed by atoms with Crippen LogP contribution in [0.2, 0.25) is 0 Å². The molecule has 6 atom stereocenters. The van der Waals surface area contributed by atoms with Gasteiger partial charge < -0.3 is 45.6 Å². The van der Waals surface area contributed by atoms with E-state index in [1.54, 1.807) is 0 Å². The summed E-state index contributed by atoms with van der Waals surface area (Å²) in [6.45, 7) is 0.697. The summed E-state index contributed by atoms with van der Waals surface area (Å²) in [6.07, 6.45) is -4.38. The first-order valence-electron chi connectivity index (χ1n) is 13.8. The van der Waals surface area contributed by atoms with E-state index in [2.05, 4.69) is 10.6 Å². The van der Waals surface area contributed by atoms with Crippen LogP contribution in [0, 0.1) is 0 Å². The Morgan fingerprint density at radius 1 is 1.07 bits per heavy atom. The quantitative estimate of drug-likeness (QED) is 0.147. The maximum Gasteiger partial charge on any atom is 0.364 e. The van der Waals surface area contributed by atoms with E-state index in [-0.39, 0.29) is 12.5 Å². The molecule has 1 saturated heterocycles. The molecule has 0 radical (unpaired) electrons. The zero-order chi connectivity index (χ0) is 30.0. The number of fused-ring (bicyclic) bond motifs is 1. The highest BCUT2D eigenvalue weighted by Crippen LogP contribution is 2.34. The molecule has 0 bridgehead atoms. The van der Waals surface area contributed by atoms with E-state index in [9.17, 15) is 39.9 Å². The minimum absolute atomic E-state index is 0.0531. The van der Waals surface area contributed by atoms with Crippen molar-refractivity contribution in [2.24, 2.45) is 0 Å². The Kier molecular flexibility index (Phi) is 12.0. The number of hydrogen-bond acceptors (Lipinski definition) is 9. The number of aliphatic hydroxyl groups is 4. The summed E-state index contributed by atoms with van der Waals surface area (Å²) in [5.41, 5.74) is 1.04. The van der Waals surface area contributed by atoms with Crippen molar-refractivity contribution in [3.63, 3.8) is 0 Å². The Balaban J connectivity index is 1.44. The number of amides is 2. The zero-order valence-electron chi connectivity index (χ0n) is 23.1. The molecule has 2 aromatic rings. The van der Waals surface area contributed by atoms with E-state index < -0.39 is 61.1 Å². The van der Waals surface area contributed by atoms with Gasteiger partial charge in [0.15, 0.2) is 0 Å². The number of unbranched alkanes of at least 4 members (excludes halogenated alkanes) is 3. The fourth-order valence-corrected chi connectivity index (χ4v) is 4.98. The number of hydrogen-bond donors (Lipinski definition) is 7. The molecule has 0 saturated carbocycles. The molecule has 226 valence electrons. The summed E-state index contributed by atoms with van der Waals surface area (Å²) >= 11 is 0. The highest BCUT2D eigenvalue weighted by Gasteiger charge is 2.55. The summed E-state index contributed by atoms with van der Waals surface area (Å²) in [7, 11) is 0. The number of rotatable bonds is 15. The molecule has 12 heteroatoms. The molecule has 0 aromatic heterocycles. The summed E-state index contributed by atoms with van der Waals surface area (Å²) in [6, 6.07) is 12.7. The standard InChI is InChI=1S/C29H40N2O10/c1-18(33)31-25-22(34)15-29(28(38)39,41-27(25)26(37)23(35)17-32)40-14-7-3-2-4-13-24(36)30-16-20-11-8-10-19-9-5-6-12-21(19)20/h5-6,8-12,22-23,25-27,32,34-35,37H,2-4,7,13-17H2,1H3,(H,30,36)(H,31,33)(H,38,39)/t22?,23-,25?,26-,27?,29?/m1/s1. The van der Waals surface area contributed by atoms with Crippen molar-refractivity contribution in [2.75, 3.05) is 13.2 Å². The summed E-state index contributed by atoms with van der Waals surface area (Å²) < 4.78 is 11.2. The van der Waals surface area contributed by atoms with Crippen molar-refractivity contribution < 1.29 is 49.4 Å². The number of carboxylic acids is 1. The summed E-state index contributed by atoms with van der Waals surface area (Å²) in [5, 5.41) is 57.6. The van der Waals surface area contributed by atoms with Gasteiger partial charge in [-0.1, -0.05) is 55.3 Å². The van der Waals surface area contributed by atoms with E-state index >= 15 is 0 Å². The number of carbonyl (C=O) groups is 3. The van der Waals surface area contributed by atoms with Crippen LogP contribution in [0.15, 0.2) is 42.5 Å². The van der Waals surface area contributed by atoms with Crippen LogP contribution in [0.25, 0.3) is 10.8 Å². The van der Waals surface area contributed by atoms with Crippen LogP contribution < -0.4 is 10.6 Å². The van der Waals surface area contributed by atoms with Gasteiger partial charge in [0, 0.05) is 26.3 Å². The molecule has 7 N–H and O–H groups in total. The normalized spacial score (nSPS) is 24.0. The number of carbonyl (C=O) groups excluding carboxylic acids is 2. The first-order valence-corrected chi connectivity index (χ1v) is 13.8. The molecule has 1 aliphatic heterocycles. The minimum atomic E-state index is -2.34. The fourth-order valence-electron chi connectivity index (χ4n) is 4.98. The van der Waals surface area contributed by atoms with Gasteiger partial charge in [0.25, 0.3) is 5.79 Å². The number of benzene rings is 2. The molecular weight excluding hydrogens is 536 g/mol. The molecule has 2 amide bonds. The van der Waals surface area contributed by atoms with Crippen LogP contribution in [-0.2, 0) is 30.4 Å². The summed E-state index contributed by atoms with van der Waals surface area (Å²) in [4.78, 5) is 36.1. The van der Waals surface area contributed by atoms with E-state index in [0.717, 1.165) is 16.3 Å². The lowest BCUT2D eigenvalue weighted by Gasteiger charge is -2.46. The second-order valence-corrected chi connectivity index (χ2v) is 10.3. The minimum Gasteiger partial charge on any atom is -0.477 e. The average molecular weight is 577 g/mol. The molecule has 4 unspecified atom stereocenters. The van der Waals surface area contributed by atoms with Gasteiger partial charge in [-0.05, 0) is 29.2 Å². The molecule has 1 heterocycles. The van der Waals surface area contributed by atoms with Crippen molar-refractivity contribution in [2.45, 2.75) is 88.2 Å². The lowest BCUT2D eigenvalue weighted by molar-refractivity contribution is -0.311. The predicted molar refractivity (Wildman–Crippen MR) is 147 cm³/mol. The Morgan fingerprint density at radius 3 is 2.49 bits per heavy atom. The zero-order valence-corrected chi connectivity index (χ0v) is 23.1. The highest BCUT2D eigenvalue weighted by molar-refractivity contribution is 5.86. The molecule has 41 heavy (non-hydrogen) atoms. The van der Waals surface area contributed by atoms with Crippen molar-refractivity contribution >= 4 is 28.6 Å². The monoisotopic (exact) mass is 576 g/mol. The van der Waals surface area contributed by atoms with Crippen LogP contribution in [0.5, 0.6) is 0 Å². The van der Waals surface area contributed by atoms with Gasteiger partial charge in [0.1, 0.15) is 18.3 Å². The van der Waals surface area contributed by atoms with Crippen molar-refractivity contribution in [3.05, 3.63) is 48.0 Å². The van der Waals surface area contributed by atoms with Gasteiger partial charge >= 0.3 is 5.97 Å². The van der Waals surface area contributed by atoms with E-state index in [0.29, 0.717) is 38.6 Å². The van der Waals surface area contributed by atoms with Crippen LogP contribution in [0.3, 0.4) is 0 Å². The maximum atomic E-state index is 12.3. The molecule has 0 aliphatic carbocycles. The Labute approximate surface area is 238 Å². The second kappa shape index (κ2) is 15.2. The maximum absolute atomic E-state index is 12.3. The van der Waals surface area contributed by atoms with Gasteiger partial charge in [-0.3, -0.25) is 9.59 Å². The average Bonchev–Trinajstić information content (AvgIpc) is 2.95. The van der Waals surface area contributed by atoms with Crippen LogP contribution in [0.1, 0.15) is 51.0 Å². The Morgan fingerprint density at radius 2 is 1.78 bits per heavy atom. The van der Waals surface area contributed by atoms with Gasteiger partial charge in [0.2, 0.25) is 11.8 Å². The highest BCUT2D eigenvalue weighted by atomic mass is 16.7. The van der Waals surface area contributed by atoms with E-state index in [4.69, 9.17) is 9.47 Å². The molecule has 2 aromatic carbocycles. The Hall–Kier alpha value is -3.13. The lowest BCUT2D eigenvalue weighted by atomic mass is 9.88. The van der Waals surface area contributed by atoms with Gasteiger partial charge in [-0.25, -0.2) is 4.79 Å². The smallest absolute Gasteiger partial charge is 0.364 e. The molecule has 0 spiro atoms. The van der Waals surface area contributed by atoms with Gasteiger partial charge in [-0.2, -0.15) is 0 Å². The van der Waals surface area contributed by atoms with Crippen molar-refractivity contribution in [1.82, 2.24) is 10.6 Å². The third-order valence-corrected chi connectivity index (χ3v) is 7.18. The molecule has 1 fully saturated rings. The molecule has 12 nitrogen and oxygen atoms in total. The fraction of sp³-hybridized carbons (Fsp3) is 0.552. The lowest BCUT2D eigenvalue weighted by Crippen LogP contribution is -2.67. The van der Waals surface area contributed by atoms with Crippen molar-refractivity contribution in [1.29, 1.82) is 0 Å². The first-order chi connectivity index (χ1) is 19.6. The molecule has 1 aliphatic rings. The topological polar surface area (TPSA) is 195 Å². The third kappa shape index (κ3) is 8.68. The predicted octanol–water partition coefficient (Wildman–Crippen LogP) is 0.573. The van der Waals surface area contributed by atoms with Crippen LogP contribution in [0.4, 0.5) is 0 Å². The molecule has 3 rings (SSSR count). The number of carboxylic acid groups (broad SMARTS) is 1. The van der Waals surface area contributed by atoms with Crippen LogP contribution >= 0.6 is 0 Å². The van der Waals surface area contributed by atoms with E-state index in [1.807, 2.05) is 42.5 Å². The number of ether oxygens (including phenoxy) is 2. The van der Waals surface area contributed by atoms with Gasteiger partial charge in [-0.15, -0.1) is 0 Å². The first kappa shape index (κ1) is 32.4. The molecular formula is C29H40N2O10. The SMILES string of the molecule is CC(=O)NC1C(O)CC(OCCCCCCC(=O)NCc2cccc3ccccc23)(C(=O)O)OC1[C@H](O)[C@H](O)CO. The Bertz CT molecular complexity index is 1170. The van der Waals surface area contributed by atoms with E-state index in [1.165, 1.54) is 6.92 Å². The number of aliphatic hydroxyl groups excluding tert-OH is 4. The second-order valence-electron chi connectivity index (χ2n) is 10.3. The number of nitrogens with one attached hydrogen (secondary N) is 2. The van der Waals surface area contributed by atoms with Crippen molar-refractivity contribution in [3.8, 4) is 0 Å². The third-order valence-electron chi connectivity index (χ3n) is 7.18. The number of aliphatic carboxylic acids is 1. The largest absolute Gasteiger partial charge is 0.477 e.